The number of hydrogen-bond acceptors (Lipinski definition) is 4. The summed E-state index contributed by atoms with van der Waals surface area (Å²) in [5.74, 6) is -3.77. The number of carbonyl (C=O) groups excluding carboxylic acids is 1. The number of benzene rings is 1. The van der Waals surface area contributed by atoms with E-state index in [4.69, 9.17) is 5.73 Å². The highest BCUT2D eigenvalue weighted by atomic mass is 35.5. The summed E-state index contributed by atoms with van der Waals surface area (Å²) < 4.78 is 28.4. The Morgan fingerprint density at radius 3 is 2.54 bits per heavy atom. The van der Waals surface area contributed by atoms with Crippen LogP contribution < -0.4 is 11.1 Å². The van der Waals surface area contributed by atoms with Gasteiger partial charge in [-0.2, -0.15) is 5.10 Å². The van der Waals surface area contributed by atoms with Crippen LogP contribution in [0.2, 0.25) is 0 Å². The van der Waals surface area contributed by atoms with Crippen molar-refractivity contribution in [2.45, 2.75) is 19.4 Å². The summed E-state index contributed by atoms with van der Waals surface area (Å²) in [7, 11) is 0. The molecule has 0 aliphatic heterocycles. The minimum Gasteiger partial charge on any atom is -0.346 e. The van der Waals surface area contributed by atoms with Crippen molar-refractivity contribution < 1.29 is 13.6 Å². The summed E-state index contributed by atoms with van der Waals surface area (Å²) in [4.78, 5) is 17.1. The second kappa shape index (κ2) is 9.77. The fourth-order valence-electron chi connectivity index (χ4n) is 2.60. The number of nitrogens with zero attached hydrogens (tertiary/aromatic N) is 3. The maximum Gasteiger partial charge on any atom is 0.277 e. The van der Waals surface area contributed by atoms with Gasteiger partial charge in [0.15, 0.2) is 5.65 Å². The first-order valence-corrected chi connectivity index (χ1v) is 8.23. The minimum absolute atomic E-state index is 0. The molecule has 0 unspecified atom stereocenters. The number of halogens is 4. The largest absolute Gasteiger partial charge is 0.346 e. The summed E-state index contributed by atoms with van der Waals surface area (Å²) in [6, 6.07) is 10.9. The fourth-order valence-corrected chi connectivity index (χ4v) is 2.60. The number of aromatic nitrogens is 3. The lowest BCUT2D eigenvalue weighted by Crippen LogP contribution is -2.41. The molecule has 10 heteroatoms. The Kier molecular flexibility index (Phi) is 8.29. The predicted octanol–water partition coefficient (Wildman–Crippen LogP) is 3.29. The van der Waals surface area contributed by atoms with Gasteiger partial charge in [0.25, 0.3) is 11.8 Å². The summed E-state index contributed by atoms with van der Waals surface area (Å²) in [5.41, 5.74) is 7.19. The van der Waals surface area contributed by atoms with Gasteiger partial charge >= 0.3 is 0 Å². The molecule has 0 spiro atoms. The lowest BCUT2D eigenvalue weighted by molar-refractivity contribution is 0.0119. The first-order chi connectivity index (χ1) is 12.4. The molecule has 0 saturated heterocycles. The summed E-state index contributed by atoms with van der Waals surface area (Å²) in [6.45, 7) is 0.822. The van der Waals surface area contributed by atoms with E-state index in [0.717, 1.165) is 5.56 Å². The third-order valence-corrected chi connectivity index (χ3v) is 4.03. The van der Waals surface area contributed by atoms with Crippen molar-refractivity contribution in [3.05, 3.63) is 48.2 Å². The molecule has 0 saturated carbocycles. The number of pyridine rings is 1. The number of alkyl halides is 2. The van der Waals surface area contributed by atoms with Crippen molar-refractivity contribution in [3.63, 3.8) is 0 Å². The average molecular weight is 432 g/mol. The van der Waals surface area contributed by atoms with Crippen LogP contribution in [0, 0.1) is 0 Å². The van der Waals surface area contributed by atoms with E-state index in [1.54, 1.807) is 10.7 Å². The Morgan fingerprint density at radius 2 is 1.93 bits per heavy atom. The predicted molar refractivity (Wildman–Crippen MR) is 109 cm³/mol. The quantitative estimate of drug-likeness (QED) is 0.626. The Bertz CT molecular complexity index is 934. The van der Waals surface area contributed by atoms with Gasteiger partial charge in [0.1, 0.15) is 0 Å². The zero-order chi connectivity index (χ0) is 18.7. The number of hydrogen-bond donors (Lipinski definition) is 2. The third-order valence-electron chi connectivity index (χ3n) is 4.03. The highest BCUT2D eigenvalue weighted by molar-refractivity contribution is 6.06. The fraction of sp³-hybridized carbons (Fsp3) is 0.278. The van der Waals surface area contributed by atoms with Gasteiger partial charge in [-0.05, 0) is 13.0 Å². The van der Waals surface area contributed by atoms with Crippen molar-refractivity contribution in [1.82, 2.24) is 20.1 Å². The molecule has 2 heterocycles. The van der Waals surface area contributed by atoms with E-state index in [2.05, 4.69) is 15.4 Å². The van der Waals surface area contributed by atoms with Crippen LogP contribution in [0.15, 0.2) is 42.6 Å². The topological polar surface area (TPSA) is 85.8 Å². The van der Waals surface area contributed by atoms with Crippen molar-refractivity contribution in [2.75, 3.05) is 13.1 Å². The van der Waals surface area contributed by atoms with Crippen molar-refractivity contribution >= 4 is 41.8 Å². The highest BCUT2D eigenvalue weighted by Crippen LogP contribution is 2.25. The van der Waals surface area contributed by atoms with Gasteiger partial charge in [-0.1, -0.05) is 30.3 Å². The van der Waals surface area contributed by atoms with Crippen LogP contribution in [-0.4, -0.2) is 39.7 Å². The number of amides is 1. The molecule has 3 aromatic rings. The summed E-state index contributed by atoms with van der Waals surface area (Å²) >= 11 is 0. The molecular weight excluding hydrogens is 411 g/mol. The Labute approximate surface area is 173 Å². The molecule has 0 aliphatic carbocycles. The minimum atomic E-state index is -3.16. The van der Waals surface area contributed by atoms with Gasteiger partial charge in [-0.15, -0.1) is 24.8 Å². The Morgan fingerprint density at radius 1 is 1.25 bits per heavy atom. The average Bonchev–Trinajstić information content (AvgIpc) is 3.09. The van der Waals surface area contributed by atoms with Crippen LogP contribution in [0.1, 0.15) is 17.3 Å². The molecule has 6 nitrogen and oxygen atoms in total. The maximum atomic E-state index is 13.4. The van der Waals surface area contributed by atoms with Crippen molar-refractivity contribution in [3.8, 4) is 11.3 Å². The van der Waals surface area contributed by atoms with Crippen LogP contribution in [-0.2, 0) is 6.54 Å². The van der Waals surface area contributed by atoms with Crippen LogP contribution in [0.4, 0.5) is 8.78 Å². The Hall–Kier alpha value is -2.29. The zero-order valence-electron chi connectivity index (χ0n) is 15.1. The first-order valence-electron chi connectivity index (χ1n) is 8.23. The van der Waals surface area contributed by atoms with Crippen molar-refractivity contribution in [2.24, 2.45) is 5.73 Å². The number of aryl methyl sites for hydroxylation is 1. The van der Waals surface area contributed by atoms with Gasteiger partial charge in [-0.25, -0.2) is 18.4 Å². The molecule has 0 fully saturated rings. The molecule has 0 atom stereocenters. The second-order valence-corrected chi connectivity index (χ2v) is 5.86. The lowest BCUT2D eigenvalue weighted by atomic mass is 10.1. The number of nitrogens with two attached hydrogens (primary N) is 1. The van der Waals surface area contributed by atoms with E-state index in [-0.39, 0.29) is 30.4 Å². The van der Waals surface area contributed by atoms with Gasteiger partial charge in [0.05, 0.1) is 35.9 Å². The number of rotatable bonds is 6. The van der Waals surface area contributed by atoms with E-state index in [1.807, 2.05) is 37.3 Å². The second-order valence-electron chi connectivity index (χ2n) is 5.86. The summed E-state index contributed by atoms with van der Waals surface area (Å²) in [5, 5.41) is 6.99. The highest BCUT2D eigenvalue weighted by Gasteiger charge is 2.28. The molecular formula is C18H21Cl2F2N5O. The zero-order valence-corrected chi connectivity index (χ0v) is 16.7. The maximum absolute atomic E-state index is 13.4. The van der Waals surface area contributed by atoms with Crippen LogP contribution in [0.3, 0.4) is 0 Å². The molecule has 1 aromatic carbocycles. The van der Waals surface area contributed by atoms with E-state index >= 15 is 0 Å². The van der Waals surface area contributed by atoms with Crippen LogP contribution in [0.25, 0.3) is 22.3 Å². The Balaban J connectivity index is 0.00000196. The molecule has 2 aromatic heterocycles. The van der Waals surface area contributed by atoms with Gasteiger partial charge < -0.3 is 11.1 Å². The van der Waals surface area contributed by atoms with Gasteiger partial charge in [0, 0.05) is 12.1 Å². The standard InChI is InChI=1S/C18H19F2N5O.2ClH/c1-2-25-16-14(9-23-25)13(17(26)22-11-18(19,20)10-21)8-15(24-16)12-6-4-3-5-7-12;;/h3-9H,2,10-11,21H2,1H3,(H,22,26);2*1H. The molecule has 0 aliphatic rings. The molecule has 1 amide bonds. The van der Waals surface area contributed by atoms with Crippen LogP contribution in [0.5, 0.6) is 0 Å². The SMILES string of the molecule is CCn1ncc2c(C(=O)NCC(F)(F)CN)cc(-c3ccccc3)nc21.Cl.Cl. The third kappa shape index (κ3) is 4.95. The van der Waals surface area contributed by atoms with Gasteiger partial charge in [-0.3, -0.25) is 4.79 Å². The molecule has 28 heavy (non-hydrogen) atoms. The molecule has 3 N–H and O–H groups in total. The molecule has 152 valence electrons. The van der Waals surface area contributed by atoms with E-state index in [9.17, 15) is 13.6 Å². The van der Waals surface area contributed by atoms with E-state index in [1.165, 1.54) is 6.20 Å². The normalized spacial score (nSPS) is 10.9. The van der Waals surface area contributed by atoms with E-state index < -0.39 is 24.9 Å². The molecule has 3 rings (SSSR count). The number of nitrogens with one attached hydrogen (secondary N) is 1. The lowest BCUT2D eigenvalue weighted by Gasteiger charge is -2.15. The van der Waals surface area contributed by atoms with E-state index in [0.29, 0.717) is 23.3 Å². The first kappa shape index (κ1) is 23.7. The molecule has 0 radical (unpaired) electrons. The summed E-state index contributed by atoms with van der Waals surface area (Å²) in [6.07, 6.45) is 1.52. The van der Waals surface area contributed by atoms with Crippen molar-refractivity contribution in [1.29, 1.82) is 0 Å². The van der Waals surface area contributed by atoms with Crippen LogP contribution >= 0.6 is 24.8 Å². The smallest absolute Gasteiger partial charge is 0.277 e. The number of carbonyl (C=O) groups is 1. The number of fused-ring (bicyclic) bond motifs is 1. The molecule has 0 bridgehead atoms. The van der Waals surface area contributed by atoms with Gasteiger partial charge in [0.2, 0.25) is 0 Å². The monoisotopic (exact) mass is 431 g/mol.